The SMILES string of the molecule is I[c-]1cccc1.O=C[c-]1cccc1.[Fe+2]. The zero-order valence-corrected chi connectivity index (χ0v) is 10.6. The first-order valence-electron chi connectivity index (χ1n) is 3.87. The Kier molecular flexibility index (Phi) is 7.76. The van der Waals surface area contributed by atoms with E-state index in [4.69, 9.17) is 0 Å². The van der Waals surface area contributed by atoms with E-state index in [1.54, 1.807) is 12.1 Å². The predicted molar refractivity (Wildman–Crippen MR) is 62.2 cm³/mol. The van der Waals surface area contributed by atoms with Gasteiger partial charge in [-0.25, -0.2) is 24.3 Å². The number of halogens is 1. The van der Waals surface area contributed by atoms with E-state index >= 15 is 0 Å². The summed E-state index contributed by atoms with van der Waals surface area (Å²) in [6.07, 6.45) is 0.833. The maximum atomic E-state index is 9.87. The third kappa shape index (κ3) is 5.37. The zero-order chi connectivity index (χ0) is 9.52. The van der Waals surface area contributed by atoms with Crippen LogP contribution in [0.5, 0.6) is 0 Å². The fourth-order valence-corrected chi connectivity index (χ4v) is 1.23. The smallest absolute Gasteiger partial charge is 0.312 e. The molecule has 2 aromatic carbocycles. The van der Waals surface area contributed by atoms with Gasteiger partial charge in [-0.15, -0.1) is 22.6 Å². The van der Waals surface area contributed by atoms with Crippen molar-refractivity contribution in [1.29, 1.82) is 0 Å². The molecule has 0 saturated heterocycles. The van der Waals surface area contributed by atoms with Gasteiger partial charge in [0.25, 0.3) is 0 Å². The van der Waals surface area contributed by atoms with Crippen molar-refractivity contribution in [2.24, 2.45) is 0 Å². The van der Waals surface area contributed by atoms with Crippen LogP contribution in [0.25, 0.3) is 0 Å². The van der Waals surface area contributed by atoms with Crippen LogP contribution < -0.4 is 0 Å². The Hall–Kier alpha value is -0.381. The molecule has 0 aliphatic carbocycles. The van der Waals surface area contributed by atoms with Gasteiger partial charge in [-0.3, -0.25) is 0 Å². The predicted octanol–water partition coefficient (Wildman–Crippen LogP) is 3.23. The molecule has 2 rings (SSSR count). The molecule has 0 atom stereocenters. The molecule has 14 heavy (non-hydrogen) atoms. The number of carbonyl (C=O) groups excluding carboxylic acids is 1. The minimum absolute atomic E-state index is 0. The standard InChI is InChI=1S/C6H5O.C5H4I.Fe/c7-5-6-3-1-2-4-6;6-5-3-1-2-4-5;/h1-5H;1-4H;/q2*-1;+2. The fourth-order valence-electron chi connectivity index (χ4n) is 0.818. The van der Waals surface area contributed by atoms with E-state index < -0.39 is 0 Å². The van der Waals surface area contributed by atoms with Crippen LogP contribution in [0.3, 0.4) is 0 Å². The van der Waals surface area contributed by atoms with Crippen LogP contribution in [0.1, 0.15) is 10.4 Å². The van der Waals surface area contributed by atoms with Crippen LogP contribution in [-0.4, -0.2) is 6.29 Å². The molecule has 0 spiro atoms. The normalized spacial score (nSPS) is 8.07. The van der Waals surface area contributed by atoms with E-state index in [9.17, 15) is 4.79 Å². The number of rotatable bonds is 1. The molecule has 2 aromatic rings. The first-order chi connectivity index (χ1) is 6.33. The summed E-state index contributed by atoms with van der Waals surface area (Å²) in [7, 11) is 0. The van der Waals surface area contributed by atoms with Gasteiger partial charge in [0.15, 0.2) is 0 Å². The minimum atomic E-state index is 0. The molecule has 0 aliphatic heterocycles. The van der Waals surface area contributed by atoms with E-state index in [1.807, 2.05) is 24.3 Å². The van der Waals surface area contributed by atoms with Crippen molar-refractivity contribution in [3.05, 3.63) is 57.7 Å². The van der Waals surface area contributed by atoms with Crippen molar-refractivity contribution >= 4 is 28.9 Å². The quantitative estimate of drug-likeness (QED) is 0.337. The van der Waals surface area contributed by atoms with Crippen LogP contribution in [0.4, 0.5) is 0 Å². The fraction of sp³-hybridized carbons (Fsp3) is 0. The third-order valence-corrected chi connectivity index (χ3v) is 2.17. The van der Waals surface area contributed by atoms with E-state index in [1.165, 1.54) is 3.57 Å². The average Bonchev–Trinajstić information content (AvgIpc) is 2.76. The second-order valence-electron chi connectivity index (χ2n) is 2.44. The van der Waals surface area contributed by atoms with Crippen molar-refractivity contribution in [3.63, 3.8) is 0 Å². The number of aldehydes is 1. The Labute approximate surface area is 108 Å². The summed E-state index contributed by atoms with van der Waals surface area (Å²) in [6, 6.07) is 15.4. The van der Waals surface area contributed by atoms with Crippen LogP contribution in [-0.2, 0) is 17.1 Å². The van der Waals surface area contributed by atoms with Gasteiger partial charge >= 0.3 is 17.1 Å². The van der Waals surface area contributed by atoms with Gasteiger partial charge in [-0.05, 0) is 0 Å². The molecule has 74 valence electrons. The third-order valence-electron chi connectivity index (χ3n) is 1.45. The molecule has 0 unspecified atom stereocenters. The van der Waals surface area contributed by atoms with E-state index in [0.717, 1.165) is 11.8 Å². The Bertz CT molecular complexity index is 324. The Morgan fingerprint density at radius 3 is 1.57 bits per heavy atom. The first kappa shape index (κ1) is 13.6. The maximum absolute atomic E-state index is 9.87. The van der Waals surface area contributed by atoms with Crippen LogP contribution >= 0.6 is 22.6 Å². The maximum Gasteiger partial charge on any atom is 2.00 e. The van der Waals surface area contributed by atoms with Gasteiger partial charge in [0.1, 0.15) is 0 Å². The molecule has 0 bridgehead atoms. The molecular weight excluding hydrogens is 331 g/mol. The van der Waals surface area contributed by atoms with Gasteiger partial charge < -0.3 is 4.79 Å². The van der Waals surface area contributed by atoms with Gasteiger partial charge in [-0.2, -0.15) is 24.3 Å². The largest absolute Gasteiger partial charge is 2.00 e. The summed E-state index contributed by atoms with van der Waals surface area (Å²) in [6.45, 7) is 0. The molecule has 0 aliphatic rings. The Morgan fingerprint density at radius 2 is 1.36 bits per heavy atom. The number of hydrogen-bond donors (Lipinski definition) is 0. The molecular formula is C11H9FeIO. The summed E-state index contributed by atoms with van der Waals surface area (Å²) < 4.78 is 1.31. The first-order valence-corrected chi connectivity index (χ1v) is 4.95. The summed E-state index contributed by atoms with van der Waals surface area (Å²) >= 11 is 2.28. The second-order valence-corrected chi connectivity index (χ2v) is 3.68. The molecule has 0 radical (unpaired) electrons. The van der Waals surface area contributed by atoms with Gasteiger partial charge in [0.05, 0.1) is 6.29 Å². The van der Waals surface area contributed by atoms with E-state index in [2.05, 4.69) is 34.7 Å². The van der Waals surface area contributed by atoms with Gasteiger partial charge in [0.2, 0.25) is 0 Å². The van der Waals surface area contributed by atoms with Crippen molar-refractivity contribution < 1.29 is 21.9 Å². The van der Waals surface area contributed by atoms with Crippen molar-refractivity contribution in [2.45, 2.75) is 0 Å². The molecule has 1 nitrogen and oxygen atoms in total. The number of carbonyl (C=O) groups is 1. The molecule has 0 N–H and O–H groups in total. The number of hydrogen-bond acceptors (Lipinski definition) is 1. The summed E-state index contributed by atoms with van der Waals surface area (Å²) in [5, 5.41) is 0. The summed E-state index contributed by atoms with van der Waals surface area (Å²) in [5.41, 5.74) is 0.750. The molecule has 0 aromatic heterocycles. The van der Waals surface area contributed by atoms with Crippen molar-refractivity contribution in [1.82, 2.24) is 0 Å². The Balaban J connectivity index is 0.000000227. The molecule has 3 heteroatoms. The van der Waals surface area contributed by atoms with Crippen LogP contribution in [0.15, 0.2) is 48.5 Å². The van der Waals surface area contributed by atoms with E-state index in [0.29, 0.717) is 0 Å². The van der Waals surface area contributed by atoms with Gasteiger partial charge in [0, 0.05) is 0 Å². The molecule has 0 heterocycles. The molecule has 0 amide bonds. The average molecular weight is 340 g/mol. The topological polar surface area (TPSA) is 17.1 Å². The second kappa shape index (κ2) is 7.97. The molecule has 0 saturated carbocycles. The summed E-state index contributed by atoms with van der Waals surface area (Å²) in [4.78, 5) is 9.87. The monoisotopic (exact) mass is 340 g/mol. The van der Waals surface area contributed by atoms with E-state index in [-0.39, 0.29) is 17.1 Å². The van der Waals surface area contributed by atoms with Crippen molar-refractivity contribution in [3.8, 4) is 0 Å². The zero-order valence-electron chi connectivity index (χ0n) is 7.34. The van der Waals surface area contributed by atoms with Crippen LogP contribution in [0, 0.1) is 3.57 Å². The summed E-state index contributed by atoms with van der Waals surface area (Å²) in [5.74, 6) is 0. The van der Waals surface area contributed by atoms with Crippen LogP contribution in [0.2, 0.25) is 0 Å². The minimum Gasteiger partial charge on any atom is -0.312 e. The van der Waals surface area contributed by atoms with Crippen molar-refractivity contribution in [2.75, 3.05) is 0 Å². The molecule has 0 fully saturated rings. The van der Waals surface area contributed by atoms with Gasteiger partial charge in [-0.1, -0.05) is 9.13 Å². The Morgan fingerprint density at radius 1 is 0.929 bits per heavy atom.